The highest BCUT2D eigenvalue weighted by molar-refractivity contribution is 6.28. The van der Waals surface area contributed by atoms with Crippen LogP contribution in [0.5, 0.6) is 0 Å². The van der Waals surface area contributed by atoms with Gasteiger partial charge in [-0.2, -0.15) is 4.98 Å². The molecule has 6 nitrogen and oxygen atoms in total. The highest BCUT2D eigenvalue weighted by atomic mass is 35.5. The second-order valence-corrected chi connectivity index (χ2v) is 4.90. The van der Waals surface area contributed by atoms with Gasteiger partial charge in [0.1, 0.15) is 11.4 Å². The van der Waals surface area contributed by atoms with Gasteiger partial charge in [-0.05, 0) is 37.3 Å². The lowest BCUT2D eigenvalue weighted by Crippen LogP contribution is -2.30. The van der Waals surface area contributed by atoms with Crippen LogP contribution in [0.1, 0.15) is 36.0 Å². The Morgan fingerprint density at radius 3 is 2.74 bits per heavy atom. The first-order chi connectivity index (χ1) is 9.10. The molecule has 0 unspecified atom stereocenters. The molecule has 2 rings (SSSR count). The van der Waals surface area contributed by atoms with Gasteiger partial charge in [0, 0.05) is 19.3 Å². The predicted octanol–water partition coefficient (Wildman–Crippen LogP) is 2.20. The van der Waals surface area contributed by atoms with Crippen molar-refractivity contribution in [3.8, 4) is 0 Å². The zero-order valence-electron chi connectivity index (χ0n) is 10.6. The van der Waals surface area contributed by atoms with Crippen LogP contribution in [0.15, 0.2) is 6.20 Å². The lowest BCUT2D eigenvalue weighted by molar-refractivity contribution is 0.0676. The molecule has 7 heteroatoms. The summed E-state index contributed by atoms with van der Waals surface area (Å²) in [7, 11) is 1.71. The molecular formula is C12H16ClN3O3. The maximum Gasteiger partial charge on any atom is 0.341 e. The summed E-state index contributed by atoms with van der Waals surface area (Å²) in [5, 5.41) is 12.3. The van der Waals surface area contributed by atoms with Crippen molar-refractivity contribution in [3.63, 3.8) is 0 Å². The Labute approximate surface area is 116 Å². The molecule has 104 valence electrons. The first-order valence-corrected chi connectivity index (χ1v) is 6.53. The summed E-state index contributed by atoms with van der Waals surface area (Å²) in [5.74, 6) is -0.780. The largest absolute Gasteiger partial charge is 0.477 e. The second-order valence-electron chi connectivity index (χ2n) is 4.56. The minimum Gasteiger partial charge on any atom is -0.477 e. The van der Waals surface area contributed by atoms with Crippen molar-refractivity contribution in [1.29, 1.82) is 0 Å². The Balaban J connectivity index is 2.06. The van der Waals surface area contributed by atoms with Crippen molar-refractivity contribution in [1.82, 2.24) is 9.97 Å². The van der Waals surface area contributed by atoms with Gasteiger partial charge in [-0.15, -0.1) is 0 Å². The molecule has 0 atom stereocenters. The standard InChI is InChI=1S/C12H16ClN3O3/c1-19-8-4-2-7(3-5-8)15-10-9(11(17)18)6-14-12(13)16-10/h6-8H,2-5H2,1H3,(H,17,18)(H,14,15,16). The molecule has 0 aromatic carbocycles. The number of carboxylic acid groups (broad SMARTS) is 1. The Morgan fingerprint density at radius 2 is 2.16 bits per heavy atom. The van der Waals surface area contributed by atoms with Crippen molar-refractivity contribution >= 4 is 23.4 Å². The average Bonchev–Trinajstić information content (AvgIpc) is 2.39. The van der Waals surface area contributed by atoms with E-state index in [1.54, 1.807) is 7.11 Å². The quantitative estimate of drug-likeness (QED) is 0.825. The van der Waals surface area contributed by atoms with Crippen molar-refractivity contribution in [2.24, 2.45) is 0 Å². The number of rotatable bonds is 4. The fourth-order valence-electron chi connectivity index (χ4n) is 2.26. The van der Waals surface area contributed by atoms with Gasteiger partial charge in [0.25, 0.3) is 0 Å². The number of hydrogen-bond acceptors (Lipinski definition) is 5. The van der Waals surface area contributed by atoms with E-state index < -0.39 is 5.97 Å². The number of hydrogen-bond donors (Lipinski definition) is 2. The molecule has 1 aromatic heterocycles. The van der Waals surface area contributed by atoms with Crippen LogP contribution >= 0.6 is 11.6 Å². The van der Waals surface area contributed by atoms with E-state index in [0.717, 1.165) is 25.7 Å². The maximum atomic E-state index is 11.1. The minimum atomic E-state index is -1.07. The lowest BCUT2D eigenvalue weighted by Gasteiger charge is -2.28. The highest BCUT2D eigenvalue weighted by Crippen LogP contribution is 2.24. The fourth-order valence-corrected chi connectivity index (χ4v) is 2.40. The number of carbonyl (C=O) groups is 1. The summed E-state index contributed by atoms with van der Waals surface area (Å²) in [6.45, 7) is 0. The summed E-state index contributed by atoms with van der Waals surface area (Å²) in [4.78, 5) is 18.7. The van der Waals surface area contributed by atoms with Gasteiger partial charge in [0.05, 0.1) is 6.10 Å². The van der Waals surface area contributed by atoms with E-state index in [9.17, 15) is 4.79 Å². The summed E-state index contributed by atoms with van der Waals surface area (Å²) >= 11 is 5.71. The number of carboxylic acids is 1. The van der Waals surface area contributed by atoms with E-state index in [0.29, 0.717) is 6.10 Å². The fraction of sp³-hybridized carbons (Fsp3) is 0.583. The van der Waals surface area contributed by atoms with Crippen molar-refractivity contribution in [2.75, 3.05) is 12.4 Å². The molecule has 0 aliphatic heterocycles. The van der Waals surface area contributed by atoms with Gasteiger partial charge in [0.2, 0.25) is 5.28 Å². The molecule has 1 saturated carbocycles. The van der Waals surface area contributed by atoms with Crippen LogP contribution in [0.4, 0.5) is 5.82 Å². The van der Waals surface area contributed by atoms with Gasteiger partial charge in [-0.1, -0.05) is 0 Å². The topological polar surface area (TPSA) is 84.3 Å². The zero-order valence-corrected chi connectivity index (χ0v) is 11.4. The van der Waals surface area contributed by atoms with Crippen molar-refractivity contribution in [2.45, 2.75) is 37.8 Å². The Bertz CT molecular complexity index is 462. The molecule has 0 saturated heterocycles. The van der Waals surface area contributed by atoms with Crippen LogP contribution < -0.4 is 5.32 Å². The molecular weight excluding hydrogens is 270 g/mol. The SMILES string of the molecule is COC1CCC(Nc2nc(Cl)ncc2C(=O)O)CC1. The van der Waals surface area contributed by atoms with Crippen LogP contribution in [-0.2, 0) is 4.74 Å². The minimum absolute atomic E-state index is 0.0399. The summed E-state index contributed by atoms with van der Waals surface area (Å²) < 4.78 is 5.30. The normalized spacial score (nSPS) is 23.1. The number of halogens is 1. The molecule has 0 bridgehead atoms. The zero-order chi connectivity index (χ0) is 13.8. The Kier molecular flexibility index (Phi) is 4.55. The third kappa shape index (κ3) is 3.54. The summed E-state index contributed by atoms with van der Waals surface area (Å²) in [5.41, 5.74) is 0.0401. The molecule has 1 aliphatic rings. The maximum absolute atomic E-state index is 11.1. The number of aromatic nitrogens is 2. The summed E-state index contributed by atoms with van der Waals surface area (Å²) in [6.07, 6.45) is 5.26. The van der Waals surface area contributed by atoms with Gasteiger partial charge < -0.3 is 15.2 Å². The summed E-state index contributed by atoms with van der Waals surface area (Å²) in [6, 6.07) is 0.190. The number of nitrogens with one attached hydrogen (secondary N) is 1. The van der Waals surface area contributed by atoms with Crippen LogP contribution in [0.3, 0.4) is 0 Å². The molecule has 0 amide bonds. The third-order valence-electron chi connectivity index (χ3n) is 3.34. The number of methoxy groups -OCH3 is 1. The average molecular weight is 286 g/mol. The number of aromatic carboxylic acids is 1. The van der Waals surface area contributed by atoms with Crippen LogP contribution in [-0.4, -0.2) is 40.3 Å². The monoisotopic (exact) mass is 285 g/mol. The second kappa shape index (κ2) is 6.16. The number of anilines is 1. The van der Waals surface area contributed by atoms with Gasteiger partial charge in [0.15, 0.2) is 0 Å². The molecule has 2 N–H and O–H groups in total. The molecule has 1 aliphatic carbocycles. The smallest absolute Gasteiger partial charge is 0.341 e. The lowest BCUT2D eigenvalue weighted by atomic mass is 9.93. The number of ether oxygens (including phenoxy) is 1. The van der Waals surface area contributed by atoms with Crippen LogP contribution in [0.25, 0.3) is 0 Å². The first kappa shape index (κ1) is 14.0. The number of nitrogens with zero attached hydrogens (tertiary/aromatic N) is 2. The van der Waals surface area contributed by atoms with E-state index in [1.807, 2.05) is 0 Å². The first-order valence-electron chi connectivity index (χ1n) is 6.15. The predicted molar refractivity (Wildman–Crippen MR) is 70.7 cm³/mol. The van der Waals surface area contributed by atoms with E-state index in [1.165, 1.54) is 6.20 Å². The molecule has 19 heavy (non-hydrogen) atoms. The molecule has 1 aromatic rings. The van der Waals surface area contributed by atoms with E-state index >= 15 is 0 Å². The van der Waals surface area contributed by atoms with Crippen molar-refractivity contribution < 1.29 is 14.6 Å². The van der Waals surface area contributed by atoms with Gasteiger partial charge in [-0.3, -0.25) is 0 Å². The van der Waals surface area contributed by atoms with Gasteiger partial charge >= 0.3 is 5.97 Å². The molecule has 0 radical (unpaired) electrons. The Hall–Kier alpha value is -1.40. The molecule has 1 heterocycles. The van der Waals surface area contributed by atoms with Crippen molar-refractivity contribution in [3.05, 3.63) is 17.0 Å². The Morgan fingerprint density at radius 1 is 1.47 bits per heavy atom. The van der Waals surface area contributed by atoms with E-state index in [2.05, 4.69) is 15.3 Å². The van der Waals surface area contributed by atoms with Gasteiger partial charge in [-0.25, -0.2) is 9.78 Å². The molecule has 0 spiro atoms. The van der Waals surface area contributed by atoms with Crippen LogP contribution in [0, 0.1) is 0 Å². The van der Waals surface area contributed by atoms with E-state index in [4.69, 9.17) is 21.4 Å². The highest BCUT2D eigenvalue weighted by Gasteiger charge is 2.23. The van der Waals surface area contributed by atoms with E-state index in [-0.39, 0.29) is 22.7 Å². The van der Waals surface area contributed by atoms with Crippen LogP contribution in [0.2, 0.25) is 5.28 Å². The third-order valence-corrected chi connectivity index (χ3v) is 3.52. The molecule has 1 fully saturated rings.